The van der Waals surface area contributed by atoms with Crippen LogP contribution in [0.5, 0.6) is 0 Å². The minimum atomic E-state index is -1.02. The van der Waals surface area contributed by atoms with E-state index < -0.39 is 11.9 Å². The molecule has 0 N–H and O–H groups in total. The van der Waals surface area contributed by atoms with E-state index in [0.717, 1.165) is 12.0 Å². The second-order valence-corrected chi connectivity index (χ2v) is 4.38. The Morgan fingerprint density at radius 2 is 1.69 bits per heavy atom. The summed E-state index contributed by atoms with van der Waals surface area (Å²) in [6.45, 7) is 5.97. The van der Waals surface area contributed by atoms with Crippen LogP contribution in [0.25, 0.3) is 0 Å². The summed E-state index contributed by atoms with van der Waals surface area (Å²) in [5.74, 6) is -0.931. The van der Waals surface area contributed by atoms with E-state index in [4.69, 9.17) is 0 Å². The van der Waals surface area contributed by atoms with E-state index in [-0.39, 0.29) is 51.4 Å². The van der Waals surface area contributed by atoms with Crippen LogP contribution in [0.2, 0.25) is 0 Å². The van der Waals surface area contributed by atoms with Crippen LogP contribution in [0.1, 0.15) is 37.8 Å². The number of hydrogen-bond acceptors (Lipinski definition) is 2. The molecular formula is C13H17KO2. The van der Waals surface area contributed by atoms with E-state index in [1.807, 2.05) is 24.3 Å². The first-order valence-electron chi connectivity index (χ1n) is 5.30. The molecule has 0 saturated carbocycles. The molecule has 0 aliphatic carbocycles. The molecular weight excluding hydrogens is 227 g/mol. The van der Waals surface area contributed by atoms with Crippen LogP contribution in [-0.2, 0) is 11.2 Å². The Kier molecular flexibility index (Phi) is 7.77. The number of benzene rings is 1. The molecule has 0 saturated heterocycles. The molecule has 0 heterocycles. The number of carbonyl (C=O) groups excluding carboxylic acids is 1. The molecule has 3 heteroatoms. The molecule has 0 unspecified atom stereocenters. The van der Waals surface area contributed by atoms with Crippen molar-refractivity contribution in [2.24, 2.45) is 5.92 Å². The fraction of sp³-hybridized carbons (Fsp3) is 0.462. The van der Waals surface area contributed by atoms with Crippen LogP contribution in [0.4, 0.5) is 0 Å². The zero-order valence-corrected chi connectivity index (χ0v) is 13.6. The summed E-state index contributed by atoms with van der Waals surface area (Å²) in [6, 6.07) is 7.74. The van der Waals surface area contributed by atoms with Crippen LogP contribution in [-0.4, -0.2) is 5.97 Å². The predicted molar refractivity (Wildman–Crippen MR) is 58.4 cm³/mol. The molecule has 0 spiro atoms. The van der Waals surface area contributed by atoms with Crippen LogP contribution >= 0.6 is 0 Å². The molecule has 0 amide bonds. The number of hydrogen-bond donors (Lipinski definition) is 0. The Morgan fingerprint density at radius 3 is 2.06 bits per heavy atom. The third kappa shape index (κ3) is 5.10. The molecule has 0 aliphatic rings. The summed E-state index contributed by atoms with van der Waals surface area (Å²) < 4.78 is 0. The van der Waals surface area contributed by atoms with Gasteiger partial charge in [0.25, 0.3) is 0 Å². The summed E-state index contributed by atoms with van der Waals surface area (Å²) >= 11 is 0. The minimum Gasteiger partial charge on any atom is -0.550 e. The average Bonchev–Trinajstić information content (AvgIpc) is 2.17. The van der Waals surface area contributed by atoms with Gasteiger partial charge in [-0.25, -0.2) is 0 Å². The molecule has 16 heavy (non-hydrogen) atoms. The monoisotopic (exact) mass is 244 g/mol. The van der Waals surface area contributed by atoms with E-state index in [9.17, 15) is 9.90 Å². The van der Waals surface area contributed by atoms with E-state index in [1.165, 1.54) is 5.56 Å². The van der Waals surface area contributed by atoms with Crippen molar-refractivity contribution < 1.29 is 61.3 Å². The van der Waals surface area contributed by atoms with Gasteiger partial charge in [0, 0.05) is 11.9 Å². The van der Waals surface area contributed by atoms with Gasteiger partial charge in [-0.15, -0.1) is 0 Å². The van der Waals surface area contributed by atoms with Crippen LogP contribution in [0, 0.1) is 5.92 Å². The maximum absolute atomic E-state index is 10.7. The number of carbonyl (C=O) groups is 1. The topological polar surface area (TPSA) is 40.1 Å². The Balaban J connectivity index is 0.00000225. The maximum atomic E-state index is 10.7. The van der Waals surface area contributed by atoms with Gasteiger partial charge in [0.2, 0.25) is 0 Å². The molecule has 0 aromatic heterocycles. The summed E-state index contributed by atoms with van der Waals surface area (Å²) in [5.41, 5.74) is 2.06. The summed E-state index contributed by atoms with van der Waals surface area (Å²) in [5, 5.41) is 10.7. The molecule has 1 aromatic rings. The molecule has 0 aliphatic heterocycles. The van der Waals surface area contributed by atoms with Crippen LogP contribution < -0.4 is 56.5 Å². The minimum absolute atomic E-state index is 0. The fourth-order valence-corrected chi connectivity index (χ4v) is 1.55. The average molecular weight is 244 g/mol. The Labute approximate surface area is 140 Å². The van der Waals surface area contributed by atoms with Gasteiger partial charge in [-0.05, 0) is 23.5 Å². The molecule has 0 fully saturated rings. The molecule has 0 radical (unpaired) electrons. The van der Waals surface area contributed by atoms with Gasteiger partial charge in [-0.2, -0.15) is 0 Å². The van der Waals surface area contributed by atoms with Crippen LogP contribution in [0.3, 0.4) is 0 Å². The zero-order valence-electron chi connectivity index (χ0n) is 10.5. The first kappa shape index (κ1) is 16.3. The smallest absolute Gasteiger partial charge is 0.550 e. The van der Waals surface area contributed by atoms with E-state index >= 15 is 0 Å². The Bertz CT molecular complexity index is 330. The van der Waals surface area contributed by atoms with Gasteiger partial charge < -0.3 is 9.90 Å². The van der Waals surface area contributed by atoms with Gasteiger partial charge in [-0.1, -0.05) is 45.0 Å². The third-order valence-electron chi connectivity index (χ3n) is 2.48. The van der Waals surface area contributed by atoms with Crippen molar-refractivity contribution in [3.63, 3.8) is 0 Å². The second-order valence-electron chi connectivity index (χ2n) is 4.38. The fourth-order valence-electron chi connectivity index (χ4n) is 1.55. The van der Waals surface area contributed by atoms with Gasteiger partial charge in [0.1, 0.15) is 0 Å². The van der Waals surface area contributed by atoms with Gasteiger partial charge in [0.15, 0.2) is 0 Å². The SMILES string of the molecule is CC(C)Cc1ccc([C@H](C)C(=O)[O-])cc1.[K+]. The van der Waals surface area contributed by atoms with Crippen molar-refractivity contribution in [1.29, 1.82) is 0 Å². The number of carboxylic acids is 1. The zero-order chi connectivity index (χ0) is 11.4. The first-order chi connectivity index (χ1) is 7.00. The normalized spacial score (nSPS) is 12.0. The second kappa shape index (κ2) is 7.61. The standard InChI is InChI=1S/C13H18O2.K/c1-9(2)8-11-4-6-12(7-5-11)10(3)13(14)15;/h4-7,9-10H,8H2,1-3H3,(H,14,15);/q;+1/p-1/t10-;/m0./s1. The van der Waals surface area contributed by atoms with Gasteiger partial charge >= 0.3 is 51.4 Å². The van der Waals surface area contributed by atoms with Crippen molar-refractivity contribution in [2.45, 2.75) is 33.1 Å². The van der Waals surface area contributed by atoms with Crippen molar-refractivity contribution in [3.05, 3.63) is 35.4 Å². The molecule has 0 bridgehead atoms. The third-order valence-corrected chi connectivity index (χ3v) is 2.48. The number of rotatable bonds is 4. The number of carboxylic acid groups (broad SMARTS) is 1. The van der Waals surface area contributed by atoms with Crippen molar-refractivity contribution >= 4 is 5.97 Å². The maximum Gasteiger partial charge on any atom is 1.00 e. The van der Waals surface area contributed by atoms with Gasteiger partial charge in [-0.3, -0.25) is 0 Å². The molecule has 2 nitrogen and oxygen atoms in total. The van der Waals surface area contributed by atoms with Crippen molar-refractivity contribution in [1.82, 2.24) is 0 Å². The summed E-state index contributed by atoms with van der Waals surface area (Å²) in [7, 11) is 0. The van der Waals surface area contributed by atoms with Gasteiger partial charge in [0.05, 0.1) is 0 Å². The molecule has 1 atom stereocenters. The largest absolute Gasteiger partial charge is 1.00 e. The number of aliphatic carboxylic acids is 1. The van der Waals surface area contributed by atoms with E-state index in [0.29, 0.717) is 5.92 Å². The summed E-state index contributed by atoms with van der Waals surface area (Å²) in [4.78, 5) is 10.7. The van der Waals surface area contributed by atoms with Crippen molar-refractivity contribution in [2.75, 3.05) is 0 Å². The molecule has 82 valence electrons. The molecule has 1 aromatic carbocycles. The van der Waals surface area contributed by atoms with E-state index in [2.05, 4.69) is 13.8 Å². The molecule has 1 rings (SSSR count). The van der Waals surface area contributed by atoms with Crippen LogP contribution in [0.15, 0.2) is 24.3 Å². The Morgan fingerprint density at radius 1 is 1.19 bits per heavy atom. The van der Waals surface area contributed by atoms with Crippen molar-refractivity contribution in [3.8, 4) is 0 Å². The predicted octanol–water partition coefficient (Wildman–Crippen LogP) is -1.26. The quantitative estimate of drug-likeness (QED) is 0.621. The van der Waals surface area contributed by atoms with E-state index in [1.54, 1.807) is 6.92 Å². The summed E-state index contributed by atoms with van der Waals surface area (Å²) in [6.07, 6.45) is 1.03. The first-order valence-corrected chi connectivity index (χ1v) is 5.30. The Hall–Kier alpha value is 0.326.